The number of nitrogens with zero attached hydrogens (tertiary/aromatic N) is 3. The van der Waals surface area contributed by atoms with E-state index in [-0.39, 0.29) is 23.4 Å². The molecule has 0 aliphatic rings. The summed E-state index contributed by atoms with van der Waals surface area (Å²) in [6.45, 7) is 14.4. The molecule has 1 aromatic heterocycles. The zero-order valence-electron chi connectivity index (χ0n) is 12.3. The van der Waals surface area contributed by atoms with Crippen molar-refractivity contribution >= 4 is 0 Å². The van der Waals surface area contributed by atoms with Crippen LogP contribution in [0.25, 0.3) is 0 Å². The third-order valence-corrected chi connectivity index (χ3v) is 1.87. The fraction of sp³-hybridized carbons (Fsp3) is 0.500. The van der Waals surface area contributed by atoms with Gasteiger partial charge in [-0.05, 0) is 5.41 Å². The molecule has 110 valence electrons. The Morgan fingerprint density at radius 2 is 1.25 bits per heavy atom. The van der Waals surface area contributed by atoms with Gasteiger partial charge in [0.2, 0.25) is 0 Å². The molecule has 0 bridgehead atoms. The van der Waals surface area contributed by atoms with Gasteiger partial charge in [0.1, 0.15) is 13.2 Å². The summed E-state index contributed by atoms with van der Waals surface area (Å²) in [5.41, 5.74) is -0.00307. The molecule has 0 aromatic carbocycles. The summed E-state index contributed by atoms with van der Waals surface area (Å²) < 4.78 is 16.1. The fourth-order valence-corrected chi connectivity index (χ4v) is 1.06. The lowest BCUT2D eigenvalue weighted by molar-refractivity contribution is 0.176. The molecule has 0 unspecified atom stereocenters. The van der Waals surface area contributed by atoms with Crippen molar-refractivity contribution in [3.05, 3.63) is 25.3 Å². The minimum atomic E-state index is -0.00307. The Labute approximate surface area is 119 Å². The van der Waals surface area contributed by atoms with E-state index >= 15 is 0 Å². The van der Waals surface area contributed by atoms with Gasteiger partial charge >= 0.3 is 18.0 Å². The first-order valence-electron chi connectivity index (χ1n) is 6.31. The number of aromatic nitrogens is 3. The second-order valence-corrected chi connectivity index (χ2v) is 5.23. The predicted octanol–water partition coefficient (Wildman–Crippen LogP) is 2.43. The van der Waals surface area contributed by atoms with E-state index < -0.39 is 0 Å². The average Bonchev–Trinajstić information content (AvgIpc) is 2.40. The maximum Gasteiger partial charge on any atom is 0.326 e. The quantitative estimate of drug-likeness (QED) is 0.681. The molecular weight excluding hydrogens is 258 g/mol. The summed E-state index contributed by atoms with van der Waals surface area (Å²) in [6, 6.07) is 0.457. The predicted molar refractivity (Wildman–Crippen MR) is 76.2 cm³/mol. The Bertz CT molecular complexity index is 425. The lowest BCUT2D eigenvalue weighted by Crippen LogP contribution is -2.18. The smallest absolute Gasteiger partial charge is 0.326 e. The molecule has 0 saturated carbocycles. The summed E-state index contributed by atoms with van der Waals surface area (Å²) in [5, 5.41) is 0. The minimum Gasteiger partial charge on any atom is -0.463 e. The molecule has 6 heteroatoms. The molecular formula is C14H21N3O3. The van der Waals surface area contributed by atoms with Crippen molar-refractivity contribution in [2.75, 3.05) is 19.8 Å². The Hall–Kier alpha value is -2.11. The second-order valence-electron chi connectivity index (χ2n) is 5.23. The van der Waals surface area contributed by atoms with Crippen LogP contribution in [0, 0.1) is 5.41 Å². The number of ether oxygens (including phenoxy) is 3. The molecule has 1 rings (SSSR count). The highest BCUT2D eigenvalue weighted by atomic mass is 16.5. The van der Waals surface area contributed by atoms with Gasteiger partial charge in [-0.15, -0.1) is 15.0 Å². The van der Waals surface area contributed by atoms with Crippen molar-refractivity contribution in [2.45, 2.75) is 20.8 Å². The van der Waals surface area contributed by atoms with Gasteiger partial charge in [0.15, 0.2) is 0 Å². The third kappa shape index (κ3) is 6.17. The van der Waals surface area contributed by atoms with Crippen molar-refractivity contribution in [1.29, 1.82) is 0 Å². The van der Waals surface area contributed by atoms with E-state index in [2.05, 4.69) is 48.9 Å². The Balaban J connectivity index is 2.84. The van der Waals surface area contributed by atoms with Crippen molar-refractivity contribution in [3.63, 3.8) is 0 Å². The molecule has 0 amide bonds. The topological polar surface area (TPSA) is 66.4 Å². The van der Waals surface area contributed by atoms with Gasteiger partial charge in [-0.2, -0.15) is 0 Å². The summed E-state index contributed by atoms with van der Waals surface area (Å²) >= 11 is 0. The third-order valence-electron chi connectivity index (χ3n) is 1.87. The maximum atomic E-state index is 5.54. The first kappa shape index (κ1) is 15.9. The van der Waals surface area contributed by atoms with Crippen LogP contribution >= 0.6 is 0 Å². The monoisotopic (exact) mass is 279 g/mol. The van der Waals surface area contributed by atoms with Gasteiger partial charge in [-0.3, -0.25) is 0 Å². The van der Waals surface area contributed by atoms with Crippen LogP contribution in [-0.2, 0) is 0 Å². The molecule has 1 heterocycles. The van der Waals surface area contributed by atoms with E-state index in [4.69, 9.17) is 14.2 Å². The molecule has 0 aliphatic heterocycles. The highest BCUT2D eigenvalue weighted by Gasteiger charge is 2.15. The largest absolute Gasteiger partial charge is 0.463 e. The van der Waals surface area contributed by atoms with E-state index in [1.807, 2.05) is 0 Å². The molecule has 0 atom stereocenters. The number of rotatable bonds is 8. The molecule has 0 saturated heterocycles. The highest BCUT2D eigenvalue weighted by Crippen LogP contribution is 2.18. The van der Waals surface area contributed by atoms with Crippen LogP contribution in [0.4, 0.5) is 0 Å². The summed E-state index contributed by atoms with van der Waals surface area (Å²) in [4.78, 5) is 12.1. The van der Waals surface area contributed by atoms with Crippen LogP contribution in [0.5, 0.6) is 18.0 Å². The van der Waals surface area contributed by atoms with Crippen LogP contribution in [0.3, 0.4) is 0 Å². The van der Waals surface area contributed by atoms with Gasteiger partial charge in [0.05, 0.1) is 6.61 Å². The first-order chi connectivity index (χ1) is 9.44. The Morgan fingerprint density at radius 3 is 1.60 bits per heavy atom. The zero-order valence-corrected chi connectivity index (χ0v) is 12.3. The lowest BCUT2D eigenvalue weighted by Gasteiger charge is -2.17. The second kappa shape index (κ2) is 7.47. The van der Waals surface area contributed by atoms with Gasteiger partial charge in [-0.25, -0.2) is 0 Å². The van der Waals surface area contributed by atoms with Crippen LogP contribution in [0.1, 0.15) is 20.8 Å². The van der Waals surface area contributed by atoms with E-state index in [1.54, 1.807) is 12.2 Å². The molecule has 0 N–H and O–H groups in total. The van der Waals surface area contributed by atoms with Gasteiger partial charge in [-0.1, -0.05) is 46.1 Å². The van der Waals surface area contributed by atoms with E-state index in [9.17, 15) is 0 Å². The highest BCUT2D eigenvalue weighted by molar-refractivity contribution is 5.09. The molecule has 0 fully saturated rings. The SMILES string of the molecule is C=CCOc1nc(OCC=C)nc(OCC(C)(C)C)n1. The molecule has 1 aromatic rings. The van der Waals surface area contributed by atoms with Gasteiger partial charge in [0.25, 0.3) is 0 Å². The molecule has 0 spiro atoms. The van der Waals surface area contributed by atoms with E-state index in [0.29, 0.717) is 19.8 Å². The number of hydrogen-bond acceptors (Lipinski definition) is 6. The number of hydrogen-bond donors (Lipinski definition) is 0. The minimum absolute atomic E-state index is 0.00307. The van der Waals surface area contributed by atoms with Crippen LogP contribution < -0.4 is 14.2 Å². The fourth-order valence-electron chi connectivity index (χ4n) is 1.06. The van der Waals surface area contributed by atoms with E-state index in [1.165, 1.54) is 0 Å². The Kier molecular flexibility index (Phi) is 5.96. The van der Waals surface area contributed by atoms with Gasteiger partial charge < -0.3 is 14.2 Å². The lowest BCUT2D eigenvalue weighted by atomic mass is 9.99. The summed E-state index contributed by atoms with van der Waals surface area (Å²) in [6.07, 6.45) is 3.20. The molecule has 0 radical (unpaired) electrons. The van der Waals surface area contributed by atoms with Crippen LogP contribution in [-0.4, -0.2) is 34.8 Å². The van der Waals surface area contributed by atoms with Crippen LogP contribution in [0.15, 0.2) is 25.3 Å². The van der Waals surface area contributed by atoms with Crippen molar-refractivity contribution < 1.29 is 14.2 Å². The normalized spacial score (nSPS) is 10.8. The van der Waals surface area contributed by atoms with Crippen molar-refractivity contribution in [1.82, 2.24) is 15.0 Å². The van der Waals surface area contributed by atoms with Crippen LogP contribution in [0.2, 0.25) is 0 Å². The van der Waals surface area contributed by atoms with Crippen molar-refractivity contribution in [2.24, 2.45) is 5.41 Å². The Morgan fingerprint density at radius 1 is 0.850 bits per heavy atom. The maximum absolute atomic E-state index is 5.54. The molecule has 0 aliphatic carbocycles. The van der Waals surface area contributed by atoms with E-state index in [0.717, 1.165) is 0 Å². The first-order valence-corrected chi connectivity index (χ1v) is 6.31. The molecule has 20 heavy (non-hydrogen) atoms. The summed E-state index contributed by atoms with van der Waals surface area (Å²) in [5.74, 6) is 0. The van der Waals surface area contributed by atoms with Gasteiger partial charge in [0, 0.05) is 0 Å². The summed E-state index contributed by atoms with van der Waals surface area (Å²) in [7, 11) is 0. The zero-order chi connectivity index (χ0) is 15.0. The standard InChI is InChI=1S/C14H21N3O3/c1-6-8-18-11-15-12(19-9-7-2)17-13(16-11)20-10-14(3,4)5/h6-7H,1-2,8-10H2,3-5H3. The molecule has 6 nitrogen and oxygen atoms in total. The van der Waals surface area contributed by atoms with Crippen molar-refractivity contribution in [3.8, 4) is 18.0 Å². The average molecular weight is 279 g/mol.